The number of hydrogen-bond acceptors (Lipinski definition) is 2. The summed E-state index contributed by atoms with van der Waals surface area (Å²) in [5.41, 5.74) is 0.610. The molecule has 0 aliphatic heterocycles. The van der Waals surface area contributed by atoms with Crippen molar-refractivity contribution >= 4 is 26.0 Å². The molecule has 90 valence electrons. The fraction of sp³-hybridized carbons (Fsp3) is 0.333. The summed E-state index contributed by atoms with van der Waals surface area (Å²) in [6.45, 7) is 1.50. The van der Waals surface area contributed by atoms with E-state index in [-0.39, 0.29) is 0 Å². The molecular weight excluding hydrogens is 304 g/mol. The third-order valence-corrected chi connectivity index (χ3v) is 3.57. The van der Waals surface area contributed by atoms with Crippen LogP contribution in [0.3, 0.4) is 0 Å². The summed E-state index contributed by atoms with van der Waals surface area (Å²) >= 11 is 3.21. The van der Waals surface area contributed by atoms with Crippen LogP contribution in [-0.2, 0) is 10.0 Å². The molecule has 1 aromatic rings. The van der Waals surface area contributed by atoms with Gasteiger partial charge in [-0.15, -0.1) is 0 Å². The van der Waals surface area contributed by atoms with Gasteiger partial charge in [0, 0.05) is 10.5 Å². The lowest BCUT2D eigenvalue weighted by Crippen LogP contribution is -2.31. The van der Waals surface area contributed by atoms with E-state index in [0.717, 1.165) is 4.47 Å². The maximum absolute atomic E-state index is 12.1. The van der Waals surface area contributed by atoms with Gasteiger partial charge in [0.2, 0.25) is 0 Å². The predicted octanol–water partition coefficient (Wildman–Crippen LogP) is 2.65. The van der Waals surface area contributed by atoms with E-state index in [4.69, 9.17) is 0 Å². The number of alkyl halides is 2. The molecule has 0 amide bonds. The van der Waals surface area contributed by atoms with Crippen molar-refractivity contribution in [2.45, 2.75) is 18.7 Å². The van der Waals surface area contributed by atoms with Crippen molar-refractivity contribution in [1.29, 1.82) is 0 Å². The van der Waals surface area contributed by atoms with Crippen LogP contribution in [0.25, 0.3) is 0 Å². The fourth-order valence-electron chi connectivity index (χ4n) is 1.14. The second kappa shape index (κ2) is 5.20. The first-order valence-corrected chi connectivity index (χ1v) is 6.71. The Morgan fingerprint density at radius 1 is 1.38 bits per heavy atom. The molecule has 0 saturated heterocycles. The highest BCUT2D eigenvalue weighted by molar-refractivity contribution is 9.10. The Balaban J connectivity index is 2.85. The molecule has 16 heavy (non-hydrogen) atoms. The summed E-state index contributed by atoms with van der Waals surface area (Å²) in [7, 11) is -4.56. The molecule has 0 aliphatic carbocycles. The molecular formula is C9H10BrF2NO2S. The first-order chi connectivity index (χ1) is 7.33. The van der Waals surface area contributed by atoms with Crippen molar-refractivity contribution in [1.82, 2.24) is 4.72 Å². The van der Waals surface area contributed by atoms with Gasteiger partial charge in [0.1, 0.15) is 0 Å². The first kappa shape index (κ1) is 13.5. The second-order valence-corrected chi connectivity index (χ2v) is 5.80. The fourth-order valence-corrected chi connectivity index (χ4v) is 2.29. The zero-order valence-corrected chi connectivity index (χ0v) is 10.7. The van der Waals surface area contributed by atoms with Crippen molar-refractivity contribution < 1.29 is 17.2 Å². The Bertz CT molecular complexity index is 464. The van der Waals surface area contributed by atoms with Gasteiger partial charge >= 0.3 is 5.76 Å². The number of halogens is 3. The Kier molecular flexibility index (Phi) is 4.40. The lowest BCUT2D eigenvalue weighted by atomic mass is 10.1. The van der Waals surface area contributed by atoms with Crippen LogP contribution in [0, 0.1) is 0 Å². The largest absolute Gasteiger partial charge is 0.350 e. The Morgan fingerprint density at radius 2 is 2.00 bits per heavy atom. The van der Waals surface area contributed by atoms with Gasteiger partial charge in [-0.2, -0.15) is 8.78 Å². The van der Waals surface area contributed by atoms with Crippen molar-refractivity contribution in [3.05, 3.63) is 34.3 Å². The smallest absolute Gasteiger partial charge is 0.206 e. The van der Waals surface area contributed by atoms with E-state index >= 15 is 0 Å². The van der Waals surface area contributed by atoms with Gasteiger partial charge in [-0.05, 0) is 24.6 Å². The summed E-state index contributed by atoms with van der Waals surface area (Å²) in [6, 6.07) is 6.09. The monoisotopic (exact) mass is 313 g/mol. The van der Waals surface area contributed by atoms with Gasteiger partial charge in [0.05, 0.1) is 0 Å². The number of nitrogens with one attached hydrogen (secondary N) is 1. The third kappa shape index (κ3) is 3.50. The number of benzene rings is 1. The first-order valence-electron chi connectivity index (χ1n) is 4.37. The average Bonchev–Trinajstić information content (AvgIpc) is 2.16. The molecule has 7 heteroatoms. The van der Waals surface area contributed by atoms with Crippen LogP contribution < -0.4 is 4.72 Å². The number of rotatable bonds is 4. The van der Waals surface area contributed by atoms with Gasteiger partial charge in [0.15, 0.2) is 0 Å². The summed E-state index contributed by atoms with van der Waals surface area (Å²) < 4.78 is 48.7. The van der Waals surface area contributed by atoms with E-state index in [1.807, 2.05) is 4.72 Å². The molecule has 1 aromatic carbocycles. The highest BCUT2D eigenvalue weighted by Gasteiger charge is 2.26. The summed E-state index contributed by atoms with van der Waals surface area (Å²) in [6.07, 6.45) is 0. The molecule has 0 saturated carbocycles. The van der Waals surface area contributed by atoms with Crippen molar-refractivity contribution in [3.8, 4) is 0 Å². The normalized spacial score (nSPS) is 14.1. The number of sulfonamides is 1. The van der Waals surface area contributed by atoms with E-state index in [1.54, 1.807) is 24.3 Å². The van der Waals surface area contributed by atoms with Gasteiger partial charge < -0.3 is 0 Å². The van der Waals surface area contributed by atoms with Crippen LogP contribution in [0.4, 0.5) is 8.78 Å². The zero-order valence-electron chi connectivity index (χ0n) is 8.32. The van der Waals surface area contributed by atoms with Crippen molar-refractivity contribution in [2.75, 3.05) is 0 Å². The van der Waals surface area contributed by atoms with Crippen molar-refractivity contribution in [2.24, 2.45) is 0 Å². The molecule has 0 aliphatic rings. The summed E-state index contributed by atoms with van der Waals surface area (Å²) in [5, 5.41) is 0. The molecule has 0 bridgehead atoms. The Morgan fingerprint density at radius 3 is 2.50 bits per heavy atom. The lowest BCUT2D eigenvalue weighted by molar-refractivity contribution is 0.231. The standard InChI is InChI=1S/C9H10BrF2NO2S/c1-6(13-16(14,15)9(11)12)7-3-2-4-8(10)5-7/h2-6,9,13H,1H3. The van der Waals surface area contributed by atoms with Crippen LogP contribution in [0.15, 0.2) is 28.7 Å². The van der Waals surface area contributed by atoms with Crippen LogP contribution in [0.2, 0.25) is 0 Å². The third-order valence-electron chi connectivity index (χ3n) is 1.92. The predicted molar refractivity (Wildman–Crippen MR) is 60.6 cm³/mol. The highest BCUT2D eigenvalue weighted by Crippen LogP contribution is 2.19. The molecule has 3 nitrogen and oxygen atoms in total. The Labute approximate surface area is 101 Å². The second-order valence-electron chi connectivity index (χ2n) is 3.20. The Hall–Kier alpha value is -0.530. The van der Waals surface area contributed by atoms with Gasteiger partial charge in [0.25, 0.3) is 10.0 Å². The summed E-state index contributed by atoms with van der Waals surface area (Å²) in [4.78, 5) is 0. The highest BCUT2D eigenvalue weighted by atomic mass is 79.9. The molecule has 1 atom stereocenters. The van der Waals surface area contributed by atoms with E-state index < -0.39 is 21.8 Å². The van der Waals surface area contributed by atoms with E-state index in [1.165, 1.54) is 6.92 Å². The van der Waals surface area contributed by atoms with Crippen LogP contribution in [0.5, 0.6) is 0 Å². The van der Waals surface area contributed by atoms with Gasteiger partial charge in [-0.3, -0.25) is 0 Å². The molecule has 0 aromatic heterocycles. The molecule has 1 rings (SSSR count). The topological polar surface area (TPSA) is 46.2 Å². The van der Waals surface area contributed by atoms with Crippen LogP contribution in [-0.4, -0.2) is 14.2 Å². The molecule has 1 unspecified atom stereocenters. The van der Waals surface area contributed by atoms with Crippen LogP contribution >= 0.6 is 15.9 Å². The van der Waals surface area contributed by atoms with Gasteiger partial charge in [-0.1, -0.05) is 28.1 Å². The minimum atomic E-state index is -4.56. The molecule has 0 spiro atoms. The van der Waals surface area contributed by atoms with Gasteiger partial charge in [-0.25, -0.2) is 13.1 Å². The van der Waals surface area contributed by atoms with E-state index in [2.05, 4.69) is 15.9 Å². The zero-order chi connectivity index (χ0) is 12.3. The maximum atomic E-state index is 12.1. The lowest BCUT2D eigenvalue weighted by Gasteiger charge is -2.14. The molecule has 1 N–H and O–H groups in total. The van der Waals surface area contributed by atoms with E-state index in [0.29, 0.717) is 5.56 Å². The molecule has 0 fully saturated rings. The minimum absolute atomic E-state index is 0.610. The quantitative estimate of drug-likeness (QED) is 0.929. The molecule has 0 heterocycles. The van der Waals surface area contributed by atoms with E-state index in [9.17, 15) is 17.2 Å². The molecule has 0 radical (unpaired) electrons. The maximum Gasteiger partial charge on any atom is 0.350 e. The summed E-state index contributed by atoms with van der Waals surface area (Å²) in [5.74, 6) is -3.41. The van der Waals surface area contributed by atoms with Crippen molar-refractivity contribution in [3.63, 3.8) is 0 Å². The SMILES string of the molecule is CC(NS(=O)(=O)C(F)F)c1cccc(Br)c1. The van der Waals surface area contributed by atoms with Crippen LogP contribution in [0.1, 0.15) is 18.5 Å². The number of hydrogen-bond donors (Lipinski definition) is 1. The average molecular weight is 314 g/mol. The minimum Gasteiger partial charge on any atom is -0.206 e.